The number of nitrogens with zero attached hydrogens (tertiary/aromatic N) is 2. The number of rotatable bonds is 3. The quantitative estimate of drug-likeness (QED) is 0.812. The minimum atomic E-state index is -4.46. The topological polar surface area (TPSA) is 83.1 Å². The number of aromatic amines is 1. The summed E-state index contributed by atoms with van der Waals surface area (Å²) < 4.78 is 62.7. The van der Waals surface area contributed by atoms with Crippen LogP contribution in [0.1, 0.15) is 22.4 Å². The highest BCUT2D eigenvalue weighted by Gasteiger charge is 2.33. The van der Waals surface area contributed by atoms with Crippen molar-refractivity contribution in [2.45, 2.75) is 30.8 Å². The molecule has 26 heavy (non-hydrogen) atoms. The van der Waals surface area contributed by atoms with Crippen LogP contribution in [0.2, 0.25) is 0 Å². The summed E-state index contributed by atoms with van der Waals surface area (Å²) >= 11 is 0. The van der Waals surface area contributed by atoms with Gasteiger partial charge in [-0.05, 0) is 18.1 Å². The molecule has 1 aromatic heterocycles. The van der Waals surface area contributed by atoms with Gasteiger partial charge in [0.25, 0.3) is 5.56 Å². The number of hydrogen-bond donors (Lipinski definition) is 1. The van der Waals surface area contributed by atoms with E-state index in [1.807, 2.05) is 0 Å². The number of aromatic nitrogens is 2. The van der Waals surface area contributed by atoms with Gasteiger partial charge >= 0.3 is 6.18 Å². The van der Waals surface area contributed by atoms with Crippen molar-refractivity contribution in [3.05, 3.63) is 57.0 Å². The van der Waals surface area contributed by atoms with Gasteiger partial charge in [-0.1, -0.05) is 18.2 Å². The maximum Gasteiger partial charge on any atom is 0.416 e. The Labute approximate surface area is 147 Å². The van der Waals surface area contributed by atoms with Gasteiger partial charge in [0, 0.05) is 31.5 Å². The number of alkyl halides is 3. The second-order valence-electron chi connectivity index (χ2n) is 6.18. The Balaban J connectivity index is 1.90. The molecule has 2 heterocycles. The molecule has 0 radical (unpaired) electrons. The third-order valence-corrected chi connectivity index (χ3v) is 5.09. The standard InChI is InChI=1S/C16H16F3N3O3S/c1-26(24,25)15-20-13-9-22(7-6-11(13)14(23)21-15)8-10-4-2-3-5-12(10)16(17,18)19/h2-5H,6-9H2,1H3,(H,20,21,23). The predicted octanol–water partition coefficient (Wildman–Crippen LogP) is 1.75. The van der Waals surface area contributed by atoms with E-state index in [4.69, 9.17) is 0 Å². The van der Waals surface area contributed by atoms with Gasteiger partial charge in [-0.3, -0.25) is 14.7 Å². The summed E-state index contributed by atoms with van der Waals surface area (Å²) in [5, 5.41) is -0.432. The Bertz CT molecular complexity index is 1000. The monoisotopic (exact) mass is 387 g/mol. The van der Waals surface area contributed by atoms with Crippen LogP contribution in [-0.4, -0.2) is 36.1 Å². The van der Waals surface area contributed by atoms with Crippen LogP contribution in [0, 0.1) is 0 Å². The summed E-state index contributed by atoms with van der Waals surface area (Å²) in [6, 6.07) is 5.30. The van der Waals surface area contributed by atoms with E-state index in [0.717, 1.165) is 12.3 Å². The van der Waals surface area contributed by atoms with Crippen LogP contribution in [0.3, 0.4) is 0 Å². The molecular formula is C16H16F3N3O3S. The average molecular weight is 387 g/mol. The summed E-state index contributed by atoms with van der Waals surface area (Å²) in [4.78, 5) is 20.0. The lowest BCUT2D eigenvalue weighted by molar-refractivity contribution is -0.138. The zero-order chi connectivity index (χ0) is 19.1. The van der Waals surface area contributed by atoms with Crippen LogP contribution < -0.4 is 5.56 Å². The van der Waals surface area contributed by atoms with E-state index < -0.39 is 32.3 Å². The van der Waals surface area contributed by atoms with Gasteiger partial charge < -0.3 is 0 Å². The van der Waals surface area contributed by atoms with E-state index in [0.29, 0.717) is 12.1 Å². The van der Waals surface area contributed by atoms with E-state index in [1.165, 1.54) is 18.2 Å². The maximum atomic E-state index is 13.1. The highest BCUT2D eigenvalue weighted by atomic mass is 32.2. The molecule has 1 aliphatic rings. The highest BCUT2D eigenvalue weighted by molar-refractivity contribution is 7.90. The summed E-state index contributed by atoms with van der Waals surface area (Å²) in [5.41, 5.74) is -0.452. The van der Waals surface area contributed by atoms with E-state index >= 15 is 0 Å². The van der Waals surface area contributed by atoms with Crippen LogP contribution in [0.5, 0.6) is 0 Å². The van der Waals surface area contributed by atoms with Crippen LogP contribution in [0.25, 0.3) is 0 Å². The first-order valence-corrected chi connectivity index (χ1v) is 9.64. The van der Waals surface area contributed by atoms with Crippen LogP contribution >= 0.6 is 0 Å². The molecule has 1 aliphatic heterocycles. The summed E-state index contributed by atoms with van der Waals surface area (Å²) in [7, 11) is -3.70. The molecular weight excluding hydrogens is 371 g/mol. The Morgan fingerprint density at radius 3 is 2.62 bits per heavy atom. The van der Waals surface area contributed by atoms with Gasteiger partial charge in [0.15, 0.2) is 0 Å². The smallest absolute Gasteiger partial charge is 0.297 e. The van der Waals surface area contributed by atoms with Gasteiger partial charge in [0.1, 0.15) is 0 Å². The number of hydrogen-bond acceptors (Lipinski definition) is 5. The number of sulfone groups is 1. The maximum absolute atomic E-state index is 13.1. The molecule has 6 nitrogen and oxygen atoms in total. The van der Waals surface area contributed by atoms with Crippen LogP contribution in [0.4, 0.5) is 13.2 Å². The van der Waals surface area contributed by atoms with Crippen LogP contribution in [-0.2, 0) is 35.5 Å². The molecule has 0 spiro atoms. The van der Waals surface area contributed by atoms with Crippen molar-refractivity contribution in [1.29, 1.82) is 0 Å². The first-order valence-electron chi connectivity index (χ1n) is 7.75. The molecule has 3 rings (SSSR count). The largest absolute Gasteiger partial charge is 0.416 e. The van der Waals surface area contributed by atoms with Gasteiger partial charge in [-0.25, -0.2) is 13.4 Å². The molecule has 0 bridgehead atoms. The second kappa shape index (κ2) is 6.51. The number of halogens is 3. The number of H-pyrrole nitrogens is 1. The fourth-order valence-corrected chi connectivity index (χ4v) is 3.51. The zero-order valence-electron chi connectivity index (χ0n) is 13.8. The molecule has 0 fully saturated rings. The predicted molar refractivity (Wildman–Crippen MR) is 87.2 cm³/mol. The third kappa shape index (κ3) is 3.80. The number of fused-ring (bicyclic) bond motifs is 1. The third-order valence-electron chi connectivity index (χ3n) is 4.20. The van der Waals surface area contributed by atoms with E-state index in [-0.39, 0.29) is 30.8 Å². The van der Waals surface area contributed by atoms with Gasteiger partial charge in [-0.15, -0.1) is 0 Å². The van der Waals surface area contributed by atoms with Crippen molar-refractivity contribution in [1.82, 2.24) is 14.9 Å². The van der Waals surface area contributed by atoms with Crippen molar-refractivity contribution in [3.63, 3.8) is 0 Å². The molecule has 1 N–H and O–H groups in total. The minimum absolute atomic E-state index is 0.0256. The average Bonchev–Trinajstić information content (AvgIpc) is 2.53. The van der Waals surface area contributed by atoms with Crippen molar-refractivity contribution < 1.29 is 21.6 Å². The molecule has 0 unspecified atom stereocenters. The lowest BCUT2D eigenvalue weighted by Gasteiger charge is -2.28. The lowest BCUT2D eigenvalue weighted by Crippen LogP contribution is -2.36. The van der Waals surface area contributed by atoms with Crippen LogP contribution in [0.15, 0.2) is 34.2 Å². The summed E-state index contributed by atoms with van der Waals surface area (Å²) in [6.45, 7) is 0.508. The molecule has 0 aliphatic carbocycles. The Kier molecular flexibility index (Phi) is 4.65. The SMILES string of the molecule is CS(=O)(=O)c1nc2c(c(=O)[nH]1)CCN(Cc1ccccc1C(F)(F)F)C2. The minimum Gasteiger partial charge on any atom is -0.297 e. The Morgan fingerprint density at radius 1 is 1.27 bits per heavy atom. The molecule has 140 valence electrons. The van der Waals surface area contributed by atoms with Crippen molar-refractivity contribution >= 4 is 9.84 Å². The van der Waals surface area contributed by atoms with Gasteiger partial charge in [0.2, 0.25) is 15.0 Å². The van der Waals surface area contributed by atoms with Crippen molar-refractivity contribution in [2.24, 2.45) is 0 Å². The normalized spacial score (nSPS) is 15.7. The molecule has 0 saturated heterocycles. The highest BCUT2D eigenvalue weighted by Crippen LogP contribution is 2.32. The van der Waals surface area contributed by atoms with E-state index in [1.54, 1.807) is 4.90 Å². The zero-order valence-corrected chi connectivity index (χ0v) is 14.6. The summed E-state index contributed by atoms with van der Waals surface area (Å²) in [5.74, 6) is 0. The fourth-order valence-electron chi connectivity index (χ4n) is 2.96. The molecule has 10 heteroatoms. The first kappa shape index (κ1) is 18.6. The molecule has 0 saturated carbocycles. The molecule has 2 aromatic rings. The first-order chi connectivity index (χ1) is 12.1. The van der Waals surface area contributed by atoms with Crippen molar-refractivity contribution in [3.8, 4) is 0 Å². The van der Waals surface area contributed by atoms with Gasteiger partial charge in [-0.2, -0.15) is 13.2 Å². The van der Waals surface area contributed by atoms with Gasteiger partial charge in [0.05, 0.1) is 11.3 Å². The number of nitrogens with one attached hydrogen (secondary N) is 1. The molecule has 0 atom stereocenters. The number of benzene rings is 1. The van der Waals surface area contributed by atoms with E-state index in [2.05, 4.69) is 9.97 Å². The van der Waals surface area contributed by atoms with E-state index in [9.17, 15) is 26.4 Å². The molecule has 0 amide bonds. The second-order valence-corrected chi connectivity index (χ2v) is 8.12. The Morgan fingerprint density at radius 2 is 1.96 bits per heavy atom. The fraction of sp³-hybridized carbons (Fsp3) is 0.375. The lowest BCUT2D eigenvalue weighted by atomic mass is 10.0. The Hall–Kier alpha value is -2.20. The van der Waals surface area contributed by atoms with Crippen molar-refractivity contribution in [2.75, 3.05) is 12.8 Å². The summed E-state index contributed by atoms with van der Waals surface area (Å²) in [6.07, 6.45) is -3.24. The molecule has 1 aromatic carbocycles.